The summed E-state index contributed by atoms with van der Waals surface area (Å²) in [7, 11) is 0. The van der Waals surface area contributed by atoms with E-state index in [4.69, 9.17) is 17.3 Å². The van der Waals surface area contributed by atoms with Gasteiger partial charge in [0.15, 0.2) is 0 Å². The zero-order chi connectivity index (χ0) is 12.8. The van der Waals surface area contributed by atoms with Gasteiger partial charge in [0.05, 0.1) is 5.69 Å². The van der Waals surface area contributed by atoms with Gasteiger partial charge in [0.2, 0.25) is 0 Å². The number of aromatic nitrogens is 1. The molecule has 2 aromatic rings. The summed E-state index contributed by atoms with van der Waals surface area (Å²) in [5.74, 6) is 0.439. The lowest BCUT2D eigenvalue weighted by atomic mass is 10.2. The van der Waals surface area contributed by atoms with Gasteiger partial charge in [0, 0.05) is 17.4 Å². The first-order valence-corrected chi connectivity index (χ1v) is 5.80. The fourth-order valence-electron chi connectivity index (χ4n) is 1.36. The molecule has 0 spiro atoms. The zero-order valence-corrected chi connectivity index (χ0v) is 10.4. The van der Waals surface area contributed by atoms with Crippen LogP contribution in [0.5, 0.6) is 0 Å². The van der Waals surface area contributed by atoms with Crippen LogP contribution in [0.3, 0.4) is 0 Å². The number of hydrogen-bond donors (Lipinski definition) is 1. The highest BCUT2D eigenvalue weighted by Crippen LogP contribution is 2.16. The second-order valence-electron chi connectivity index (χ2n) is 3.63. The van der Waals surface area contributed by atoms with Gasteiger partial charge >= 0.3 is 0 Å². The molecule has 0 amide bonds. The van der Waals surface area contributed by atoms with Crippen LogP contribution < -0.4 is 5.73 Å². The molecule has 1 heterocycles. The Kier molecular flexibility index (Phi) is 4.10. The summed E-state index contributed by atoms with van der Waals surface area (Å²) in [5, 5.41) is 0.680. The highest BCUT2D eigenvalue weighted by atomic mass is 35.5. The van der Waals surface area contributed by atoms with Gasteiger partial charge in [-0.1, -0.05) is 17.7 Å². The summed E-state index contributed by atoms with van der Waals surface area (Å²) in [4.78, 5) is 8.19. The summed E-state index contributed by atoms with van der Waals surface area (Å²) < 4.78 is 0. The number of pyridine rings is 1. The van der Waals surface area contributed by atoms with Crippen LogP contribution in [-0.2, 0) is 0 Å². The molecule has 0 aliphatic rings. The second-order valence-corrected chi connectivity index (χ2v) is 4.06. The highest BCUT2D eigenvalue weighted by Gasteiger charge is 1.91. The molecule has 1 aromatic carbocycles. The summed E-state index contributed by atoms with van der Waals surface area (Å²) >= 11 is 5.79. The van der Waals surface area contributed by atoms with Gasteiger partial charge in [-0.3, -0.25) is 4.98 Å². The van der Waals surface area contributed by atoms with E-state index in [9.17, 15) is 0 Å². The largest absolute Gasteiger partial charge is 0.384 e. The maximum atomic E-state index is 5.81. The van der Waals surface area contributed by atoms with Crippen molar-refractivity contribution in [2.75, 3.05) is 0 Å². The summed E-state index contributed by atoms with van der Waals surface area (Å²) in [6.45, 7) is 0. The fourth-order valence-corrected chi connectivity index (χ4v) is 1.48. The average molecular weight is 258 g/mol. The molecule has 0 aliphatic heterocycles. The van der Waals surface area contributed by atoms with Gasteiger partial charge in [-0.15, -0.1) is 0 Å². The average Bonchev–Trinajstić information content (AvgIpc) is 2.40. The predicted octanol–water partition coefficient (Wildman–Crippen LogP) is 3.44. The van der Waals surface area contributed by atoms with Crippen molar-refractivity contribution < 1.29 is 0 Å². The molecule has 2 N–H and O–H groups in total. The third-order valence-corrected chi connectivity index (χ3v) is 2.49. The van der Waals surface area contributed by atoms with E-state index in [0.29, 0.717) is 10.9 Å². The lowest BCUT2D eigenvalue weighted by Gasteiger charge is -1.96. The monoisotopic (exact) mass is 257 g/mol. The Morgan fingerprint density at radius 2 is 1.78 bits per heavy atom. The first kappa shape index (κ1) is 12.3. The van der Waals surface area contributed by atoms with Gasteiger partial charge in [0.1, 0.15) is 5.84 Å². The molecule has 0 unspecified atom stereocenters. The lowest BCUT2D eigenvalue weighted by Crippen LogP contribution is -2.06. The predicted molar refractivity (Wildman–Crippen MR) is 76.0 cm³/mol. The molecule has 3 nitrogen and oxygen atoms in total. The van der Waals surface area contributed by atoms with Crippen LogP contribution >= 0.6 is 11.6 Å². The van der Waals surface area contributed by atoms with Gasteiger partial charge < -0.3 is 5.73 Å². The second kappa shape index (κ2) is 5.98. The number of rotatable bonds is 3. The standard InChI is InChI=1S/C14H12ClN3/c15-12-2-4-13(5-3-12)18-14(16)6-1-11-7-9-17-10-8-11/h1-10H,(H2,16,18). The summed E-state index contributed by atoms with van der Waals surface area (Å²) in [6, 6.07) is 11.0. The van der Waals surface area contributed by atoms with E-state index in [-0.39, 0.29) is 0 Å². The molecule has 90 valence electrons. The van der Waals surface area contributed by atoms with E-state index in [1.165, 1.54) is 0 Å². The molecule has 0 saturated heterocycles. The molecule has 18 heavy (non-hydrogen) atoms. The van der Waals surface area contributed by atoms with E-state index in [1.807, 2.05) is 30.3 Å². The molecule has 0 saturated carbocycles. The Morgan fingerprint density at radius 3 is 2.44 bits per heavy atom. The maximum absolute atomic E-state index is 5.81. The molecule has 0 bridgehead atoms. The minimum atomic E-state index is 0.439. The molecule has 0 atom stereocenters. The van der Waals surface area contributed by atoms with E-state index < -0.39 is 0 Å². The number of halogens is 1. The zero-order valence-electron chi connectivity index (χ0n) is 9.62. The van der Waals surface area contributed by atoms with Crippen LogP contribution in [0.2, 0.25) is 5.02 Å². The topological polar surface area (TPSA) is 51.3 Å². The minimum Gasteiger partial charge on any atom is -0.384 e. The molecular formula is C14H12ClN3. The van der Waals surface area contributed by atoms with Gasteiger partial charge in [-0.05, 0) is 48.0 Å². The number of aliphatic imine (C=N–C) groups is 1. The normalized spacial score (nSPS) is 11.9. The fraction of sp³-hybridized carbons (Fsp3) is 0. The molecular weight excluding hydrogens is 246 g/mol. The van der Waals surface area contributed by atoms with Gasteiger partial charge in [-0.25, -0.2) is 4.99 Å². The first-order valence-electron chi connectivity index (χ1n) is 5.42. The summed E-state index contributed by atoms with van der Waals surface area (Å²) in [5.41, 5.74) is 7.61. The molecule has 0 aliphatic carbocycles. The molecule has 1 aromatic heterocycles. The third kappa shape index (κ3) is 3.71. The number of nitrogens with two attached hydrogens (primary N) is 1. The molecule has 4 heteroatoms. The smallest absolute Gasteiger partial charge is 0.124 e. The lowest BCUT2D eigenvalue weighted by molar-refractivity contribution is 1.32. The molecule has 0 radical (unpaired) electrons. The van der Waals surface area contributed by atoms with Crippen molar-refractivity contribution in [1.29, 1.82) is 0 Å². The van der Waals surface area contributed by atoms with Gasteiger partial charge in [-0.2, -0.15) is 0 Å². The molecule has 0 fully saturated rings. The van der Waals surface area contributed by atoms with Crippen molar-refractivity contribution in [1.82, 2.24) is 4.98 Å². The van der Waals surface area contributed by atoms with Crippen molar-refractivity contribution >= 4 is 29.2 Å². The Balaban J connectivity index is 2.10. The first-order chi connectivity index (χ1) is 8.74. The van der Waals surface area contributed by atoms with Crippen molar-refractivity contribution in [2.24, 2.45) is 10.7 Å². The SMILES string of the molecule is NC(C=Cc1ccncc1)=Nc1ccc(Cl)cc1. The van der Waals surface area contributed by atoms with Crippen LogP contribution in [0.4, 0.5) is 5.69 Å². The maximum Gasteiger partial charge on any atom is 0.124 e. The Labute approximate surface area is 111 Å². The number of nitrogens with zero attached hydrogens (tertiary/aromatic N) is 2. The van der Waals surface area contributed by atoms with E-state index >= 15 is 0 Å². The van der Waals surface area contributed by atoms with Crippen LogP contribution in [0, 0.1) is 0 Å². The highest BCUT2D eigenvalue weighted by molar-refractivity contribution is 6.30. The van der Waals surface area contributed by atoms with Crippen LogP contribution in [0.15, 0.2) is 59.9 Å². The Hall–Kier alpha value is -2.13. The summed E-state index contributed by atoms with van der Waals surface area (Å²) in [6.07, 6.45) is 7.10. The Bertz CT molecular complexity index is 559. The van der Waals surface area contributed by atoms with Crippen LogP contribution in [0.1, 0.15) is 5.56 Å². The van der Waals surface area contributed by atoms with Crippen molar-refractivity contribution in [3.8, 4) is 0 Å². The van der Waals surface area contributed by atoms with Crippen molar-refractivity contribution in [2.45, 2.75) is 0 Å². The molecule has 2 rings (SSSR count). The van der Waals surface area contributed by atoms with Gasteiger partial charge in [0.25, 0.3) is 0 Å². The van der Waals surface area contributed by atoms with E-state index in [1.54, 1.807) is 30.6 Å². The quantitative estimate of drug-likeness (QED) is 0.676. The van der Waals surface area contributed by atoms with Crippen LogP contribution in [-0.4, -0.2) is 10.8 Å². The number of benzene rings is 1. The van der Waals surface area contributed by atoms with Crippen molar-refractivity contribution in [3.63, 3.8) is 0 Å². The van der Waals surface area contributed by atoms with E-state index in [0.717, 1.165) is 11.3 Å². The van der Waals surface area contributed by atoms with Crippen molar-refractivity contribution in [3.05, 3.63) is 65.5 Å². The minimum absolute atomic E-state index is 0.439. The third-order valence-electron chi connectivity index (χ3n) is 2.24. The number of amidine groups is 1. The van der Waals surface area contributed by atoms with Crippen LogP contribution in [0.25, 0.3) is 6.08 Å². The van der Waals surface area contributed by atoms with E-state index in [2.05, 4.69) is 9.98 Å². The number of hydrogen-bond acceptors (Lipinski definition) is 2. The Morgan fingerprint density at radius 1 is 1.11 bits per heavy atom.